The van der Waals surface area contributed by atoms with Gasteiger partial charge in [0.25, 0.3) is 6.47 Å². The van der Waals surface area contributed by atoms with Crippen molar-refractivity contribution in [2.75, 3.05) is 0 Å². The average molecular weight is 228 g/mol. The van der Waals surface area contributed by atoms with E-state index in [2.05, 4.69) is 6.07 Å². The standard InChI is InChI=1S/C10H12ClN.CH2O2/c11-9-4-2-1-3-8(9)7-10(12)5-6-10;2-1-3/h1-4H,5-7,12H2;1H,(H,2,3). The molecule has 0 saturated heterocycles. The lowest BCUT2D eigenvalue weighted by Gasteiger charge is -2.09. The van der Waals surface area contributed by atoms with Crippen LogP contribution in [0.3, 0.4) is 0 Å². The molecule has 1 saturated carbocycles. The molecule has 2 rings (SSSR count). The van der Waals surface area contributed by atoms with Crippen LogP contribution in [0.2, 0.25) is 5.02 Å². The SMILES string of the molecule is NC1(Cc2ccccc2Cl)CC1.O=CO. The Morgan fingerprint density at radius 3 is 2.47 bits per heavy atom. The van der Waals surface area contributed by atoms with Gasteiger partial charge in [-0.1, -0.05) is 29.8 Å². The summed E-state index contributed by atoms with van der Waals surface area (Å²) in [5, 5.41) is 7.73. The Labute approximate surface area is 93.9 Å². The van der Waals surface area contributed by atoms with Crippen LogP contribution in [-0.4, -0.2) is 17.1 Å². The fraction of sp³-hybridized carbons (Fsp3) is 0.364. The van der Waals surface area contributed by atoms with Crippen molar-refractivity contribution in [2.24, 2.45) is 5.73 Å². The Balaban J connectivity index is 0.000000337. The summed E-state index contributed by atoms with van der Waals surface area (Å²) in [4.78, 5) is 8.36. The minimum atomic E-state index is -0.250. The molecule has 0 spiro atoms. The van der Waals surface area contributed by atoms with Gasteiger partial charge in [0.1, 0.15) is 0 Å². The predicted molar refractivity (Wildman–Crippen MR) is 60.0 cm³/mol. The highest BCUT2D eigenvalue weighted by Gasteiger charge is 2.38. The highest BCUT2D eigenvalue weighted by molar-refractivity contribution is 6.31. The van der Waals surface area contributed by atoms with Crippen LogP contribution in [0.25, 0.3) is 0 Å². The summed E-state index contributed by atoms with van der Waals surface area (Å²) in [6.07, 6.45) is 3.20. The van der Waals surface area contributed by atoms with Gasteiger partial charge < -0.3 is 10.8 Å². The summed E-state index contributed by atoms with van der Waals surface area (Å²) in [6.45, 7) is -0.250. The average Bonchev–Trinajstić information content (AvgIpc) is 2.89. The number of benzene rings is 1. The number of hydrogen-bond donors (Lipinski definition) is 2. The maximum atomic E-state index is 8.36. The van der Waals surface area contributed by atoms with E-state index in [-0.39, 0.29) is 12.0 Å². The van der Waals surface area contributed by atoms with Crippen LogP contribution in [0.5, 0.6) is 0 Å². The Kier molecular flexibility index (Phi) is 4.12. The van der Waals surface area contributed by atoms with Crippen molar-refractivity contribution in [3.05, 3.63) is 34.9 Å². The Morgan fingerprint density at radius 1 is 1.47 bits per heavy atom. The lowest BCUT2D eigenvalue weighted by molar-refractivity contribution is -0.122. The van der Waals surface area contributed by atoms with Crippen LogP contribution < -0.4 is 5.73 Å². The number of nitrogens with two attached hydrogens (primary N) is 1. The second-order valence-electron chi connectivity index (χ2n) is 3.74. The van der Waals surface area contributed by atoms with E-state index in [9.17, 15) is 0 Å². The fourth-order valence-corrected chi connectivity index (χ4v) is 1.56. The quantitative estimate of drug-likeness (QED) is 0.761. The molecule has 1 fully saturated rings. The van der Waals surface area contributed by atoms with Crippen molar-refractivity contribution in [2.45, 2.75) is 24.8 Å². The molecule has 1 aliphatic carbocycles. The third-order valence-electron chi connectivity index (χ3n) is 2.39. The number of rotatable bonds is 2. The predicted octanol–water partition coefficient (Wildman–Crippen LogP) is 2.07. The lowest BCUT2D eigenvalue weighted by Crippen LogP contribution is -2.24. The van der Waals surface area contributed by atoms with Crippen molar-refractivity contribution < 1.29 is 9.90 Å². The largest absolute Gasteiger partial charge is 0.483 e. The monoisotopic (exact) mass is 227 g/mol. The third-order valence-corrected chi connectivity index (χ3v) is 2.76. The first kappa shape index (κ1) is 12.0. The molecular weight excluding hydrogens is 214 g/mol. The number of halogens is 1. The smallest absolute Gasteiger partial charge is 0.290 e. The molecule has 0 heterocycles. The Bertz CT molecular complexity index is 337. The molecule has 1 aromatic carbocycles. The molecule has 0 aromatic heterocycles. The minimum Gasteiger partial charge on any atom is -0.483 e. The second-order valence-corrected chi connectivity index (χ2v) is 4.14. The zero-order valence-electron chi connectivity index (χ0n) is 8.32. The van der Waals surface area contributed by atoms with Gasteiger partial charge in [-0.3, -0.25) is 4.79 Å². The van der Waals surface area contributed by atoms with Crippen LogP contribution in [0.15, 0.2) is 24.3 Å². The van der Waals surface area contributed by atoms with Gasteiger partial charge >= 0.3 is 0 Å². The van der Waals surface area contributed by atoms with Gasteiger partial charge in [-0.05, 0) is 30.9 Å². The summed E-state index contributed by atoms with van der Waals surface area (Å²) < 4.78 is 0. The topological polar surface area (TPSA) is 63.3 Å². The van der Waals surface area contributed by atoms with Crippen molar-refractivity contribution in [3.8, 4) is 0 Å². The first-order chi connectivity index (χ1) is 7.11. The second kappa shape index (κ2) is 5.14. The highest BCUT2D eigenvalue weighted by Crippen LogP contribution is 2.36. The zero-order valence-corrected chi connectivity index (χ0v) is 9.07. The normalized spacial score (nSPS) is 16.1. The van der Waals surface area contributed by atoms with Crippen LogP contribution in [-0.2, 0) is 11.2 Å². The molecule has 3 nitrogen and oxygen atoms in total. The molecule has 0 aliphatic heterocycles. The van der Waals surface area contributed by atoms with Gasteiger partial charge in [0.15, 0.2) is 0 Å². The fourth-order valence-electron chi connectivity index (χ4n) is 1.36. The molecule has 4 heteroatoms. The summed E-state index contributed by atoms with van der Waals surface area (Å²) >= 11 is 6.00. The van der Waals surface area contributed by atoms with Gasteiger partial charge in [-0.15, -0.1) is 0 Å². The molecule has 0 atom stereocenters. The molecule has 3 N–H and O–H groups in total. The molecule has 0 bridgehead atoms. The Hall–Kier alpha value is -1.06. The lowest BCUT2D eigenvalue weighted by atomic mass is 10.1. The van der Waals surface area contributed by atoms with Gasteiger partial charge in [-0.2, -0.15) is 0 Å². The molecule has 82 valence electrons. The summed E-state index contributed by atoms with van der Waals surface area (Å²) in [5.41, 5.74) is 7.23. The van der Waals surface area contributed by atoms with Gasteiger partial charge in [-0.25, -0.2) is 0 Å². The first-order valence-electron chi connectivity index (χ1n) is 4.71. The molecular formula is C11H14ClNO2. The van der Waals surface area contributed by atoms with Crippen molar-refractivity contribution in [1.82, 2.24) is 0 Å². The maximum absolute atomic E-state index is 8.36. The van der Waals surface area contributed by atoms with Gasteiger partial charge in [0, 0.05) is 10.6 Å². The van der Waals surface area contributed by atoms with Crippen molar-refractivity contribution in [1.29, 1.82) is 0 Å². The molecule has 0 unspecified atom stereocenters. The van der Waals surface area contributed by atoms with E-state index in [4.69, 9.17) is 27.2 Å². The Morgan fingerprint density at radius 2 is 2.00 bits per heavy atom. The number of carboxylic acid groups (broad SMARTS) is 1. The maximum Gasteiger partial charge on any atom is 0.290 e. The molecule has 0 radical (unpaired) electrons. The van der Waals surface area contributed by atoms with Gasteiger partial charge in [0.2, 0.25) is 0 Å². The van der Waals surface area contributed by atoms with Crippen LogP contribution in [0.4, 0.5) is 0 Å². The van der Waals surface area contributed by atoms with E-state index in [1.54, 1.807) is 0 Å². The molecule has 0 amide bonds. The van der Waals surface area contributed by atoms with Crippen molar-refractivity contribution >= 4 is 18.1 Å². The molecule has 1 aromatic rings. The van der Waals surface area contributed by atoms with E-state index in [1.165, 1.54) is 5.56 Å². The minimum absolute atomic E-state index is 0.0605. The zero-order chi connectivity index (χ0) is 11.3. The summed E-state index contributed by atoms with van der Waals surface area (Å²) in [6, 6.07) is 7.92. The van der Waals surface area contributed by atoms with E-state index in [0.29, 0.717) is 0 Å². The van der Waals surface area contributed by atoms with E-state index in [1.807, 2.05) is 18.2 Å². The summed E-state index contributed by atoms with van der Waals surface area (Å²) in [7, 11) is 0. The third kappa shape index (κ3) is 3.90. The molecule has 15 heavy (non-hydrogen) atoms. The van der Waals surface area contributed by atoms with Crippen molar-refractivity contribution in [3.63, 3.8) is 0 Å². The van der Waals surface area contributed by atoms with E-state index < -0.39 is 0 Å². The van der Waals surface area contributed by atoms with E-state index in [0.717, 1.165) is 24.3 Å². The van der Waals surface area contributed by atoms with Gasteiger partial charge in [0.05, 0.1) is 0 Å². The highest BCUT2D eigenvalue weighted by atomic mass is 35.5. The van der Waals surface area contributed by atoms with Crippen LogP contribution >= 0.6 is 11.6 Å². The van der Waals surface area contributed by atoms with Crippen LogP contribution in [0.1, 0.15) is 18.4 Å². The van der Waals surface area contributed by atoms with Crippen LogP contribution in [0, 0.1) is 0 Å². The molecule has 1 aliphatic rings. The number of carbonyl (C=O) groups is 1. The van der Waals surface area contributed by atoms with E-state index >= 15 is 0 Å². The first-order valence-corrected chi connectivity index (χ1v) is 5.09. The summed E-state index contributed by atoms with van der Waals surface area (Å²) in [5.74, 6) is 0. The number of hydrogen-bond acceptors (Lipinski definition) is 2.